The van der Waals surface area contributed by atoms with Crippen molar-refractivity contribution in [3.05, 3.63) is 69.3 Å². The van der Waals surface area contributed by atoms with Gasteiger partial charge in [0, 0.05) is 27.0 Å². The van der Waals surface area contributed by atoms with Crippen LogP contribution in [0, 0.1) is 0 Å². The fourth-order valence-electron chi connectivity index (χ4n) is 1.62. The zero-order valence-corrected chi connectivity index (χ0v) is 13.0. The van der Waals surface area contributed by atoms with Crippen LogP contribution in [0.1, 0.15) is 5.56 Å². The van der Waals surface area contributed by atoms with Crippen LogP contribution >= 0.6 is 34.8 Å². The Morgan fingerprint density at radius 3 is 2.33 bits per heavy atom. The highest BCUT2D eigenvalue weighted by Crippen LogP contribution is 2.22. The predicted octanol–water partition coefficient (Wildman–Crippen LogP) is 5.44. The monoisotopic (exact) mass is 340 g/mol. The van der Waals surface area contributed by atoms with Gasteiger partial charge in [-0.3, -0.25) is 0 Å². The van der Waals surface area contributed by atoms with Gasteiger partial charge >= 0.3 is 6.03 Å². The van der Waals surface area contributed by atoms with Gasteiger partial charge in [0.25, 0.3) is 0 Å². The van der Waals surface area contributed by atoms with E-state index >= 15 is 0 Å². The maximum atomic E-state index is 11.7. The topological polar surface area (TPSA) is 41.1 Å². The van der Waals surface area contributed by atoms with Gasteiger partial charge in [0.15, 0.2) is 0 Å². The molecule has 0 spiro atoms. The fraction of sp³-hybridized carbons (Fsp3) is 0. The lowest BCUT2D eigenvalue weighted by Crippen LogP contribution is -2.23. The second-order valence-electron chi connectivity index (χ2n) is 4.14. The van der Waals surface area contributed by atoms with Crippen molar-refractivity contribution in [2.24, 2.45) is 0 Å². The smallest absolute Gasteiger partial charge is 0.314 e. The molecule has 0 unspecified atom stereocenters. The average Bonchev–Trinajstić information content (AvgIpc) is 2.37. The Bertz CT molecular complexity index is 666. The summed E-state index contributed by atoms with van der Waals surface area (Å²) < 4.78 is 0. The van der Waals surface area contributed by atoms with Crippen LogP contribution < -0.4 is 10.6 Å². The lowest BCUT2D eigenvalue weighted by Gasteiger charge is -2.05. The molecule has 21 heavy (non-hydrogen) atoms. The number of amides is 2. The summed E-state index contributed by atoms with van der Waals surface area (Å²) in [4.78, 5) is 11.7. The molecule has 0 aliphatic heterocycles. The minimum Gasteiger partial charge on any atom is -0.314 e. The number of anilines is 1. The van der Waals surface area contributed by atoms with E-state index in [2.05, 4.69) is 10.6 Å². The van der Waals surface area contributed by atoms with Crippen LogP contribution in [0.3, 0.4) is 0 Å². The van der Waals surface area contributed by atoms with Gasteiger partial charge in [-0.1, -0.05) is 46.9 Å². The first-order chi connectivity index (χ1) is 10.0. The number of hydrogen-bond acceptors (Lipinski definition) is 1. The second kappa shape index (κ2) is 7.36. The highest BCUT2D eigenvalue weighted by atomic mass is 35.5. The maximum absolute atomic E-state index is 11.7. The van der Waals surface area contributed by atoms with Crippen molar-refractivity contribution < 1.29 is 4.79 Å². The zero-order valence-electron chi connectivity index (χ0n) is 10.7. The number of carbonyl (C=O) groups excluding carboxylic acids is 1. The Kier molecular flexibility index (Phi) is 5.51. The van der Waals surface area contributed by atoms with Crippen molar-refractivity contribution >= 4 is 52.6 Å². The maximum Gasteiger partial charge on any atom is 0.323 e. The first kappa shape index (κ1) is 15.7. The molecule has 0 bridgehead atoms. The Hall–Kier alpha value is -1.68. The number of hydrogen-bond donors (Lipinski definition) is 2. The number of urea groups is 1. The van der Waals surface area contributed by atoms with Crippen molar-refractivity contribution in [1.29, 1.82) is 0 Å². The van der Waals surface area contributed by atoms with Gasteiger partial charge in [-0.05, 0) is 42.0 Å². The minimum atomic E-state index is -0.397. The summed E-state index contributed by atoms with van der Waals surface area (Å²) in [6, 6.07) is 11.7. The lowest BCUT2D eigenvalue weighted by atomic mass is 10.2. The Labute approximate surface area is 137 Å². The van der Waals surface area contributed by atoms with E-state index in [0.29, 0.717) is 20.8 Å². The van der Waals surface area contributed by atoms with Gasteiger partial charge < -0.3 is 10.6 Å². The third-order valence-corrected chi connectivity index (χ3v) is 3.13. The highest BCUT2D eigenvalue weighted by molar-refractivity contribution is 6.35. The van der Waals surface area contributed by atoms with E-state index in [1.807, 2.05) is 12.1 Å². The molecule has 6 heteroatoms. The average molecular weight is 342 g/mol. The summed E-state index contributed by atoms with van der Waals surface area (Å²) in [6.45, 7) is 0. The molecule has 2 N–H and O–H groups in total. The molecule has 0 radical (unpaired) electrons. The van der Waals surface area contributed by atoms with Crippen LogP contribution in [-0.4, -0.2) is 6.03 Å². The van der Waals surface area contributed by atoms with Gasteiger partial charge in [0.2, 0.25) is 0 Å². The molecule has 108 valence electrons. The van der Waals surface area contributed by atoms with Gasteiger partial charge in [0.05, 0.1) is 0 Å². The zero-order chi connectivity index (χ0) is 15.2. The summed E-state index contributed by atoms with van der Waals surface area (Å²) >= 11 is 17.6. The van der Waals surface area contributed by atoms with Crippen LogP contribution in [0.5, 0.6) is 0 Å². The van der Waals surface area contributed by atoms with E-state index in [9.17, 15) is 4.79 Å². The highest BCUT2D eigenvalue weighted by Gasteiger charge is 2.02. The van der Waals surface area contributed by atoms with Gasteiger partial charge in [-0.15, -0.1) is 0 Å². The van der Waals surface area contributed by atoms with Crippen molar-refractivity contribution in [3.63, 3.8) is 0 Å². The summed E-state index contributed by atoms with van der Waals surface area (Å²) in [5.74, 6) is 0. The third kappa shape index (κ3) is 5.31. The largest absolute Gasteiger partial charge is 0.323 e. The molecule has 2 aromatic rings. The SMILES string of the molecule is O=C(N/C=C/c1cccc(Cl)c1)Nc1cc(Cl)cc(Cl)c1. The van der Waals surface area contributed by atoms with Crippen LogP contribution in [0.2, 0.25) is 15.1 Å². The summed E-state index contributed by atoms with van der Waals surface area (Å²) in [5, 5.41) is 6.74. The van der Waals surface area contributed by atoms with E-state index in [1.54, 1.807) is 36.4 Å². The van der Waals surface area contributed by atoms with Crippen LogP contribution in [0.15, 0.2) is 48.7 Å². The summed E-state index contributed by atoms with van der Waals surface area (Å²) in [7, 11) is 0. The second-order valence-corrected chi connectivity index (χ2v) is 5.45. The first-order valence-corrected chi connectivity index (χ1v) is 7.12. The molecule has 0 saturated carbocycles. The van der Waals surface area contributed by atoms with Gasteiger partial charge in [-0.2, -0.15) is 0 Å². The summed E-state index contributed by atoms with van der Waals surface area (Å²) in [5.41, 5.74) is 1.40. The quantitative estimate of drug-likeness (QED) is 0.767. The molecule has 0 saturated heterocycles. The molecule has 0 aliphatic carbocycles. The van der Waals surface area contributed by atoms with Crippen LogP contribution in [0.4, 0.5) is 10.5 Å². The van der Waals surface area contributed by atoms with E-state index in [0.717, 1.165) is 5.56 Å². The van der Waals surface area contributed by atoms with Crippen molar-refractivity contribution in [3.8, 4) is 0 Å². The molecule has 0 aromatic heterocycles. The summed E-state index contributed by atoms with van der Waals surface area (Å²) in [6.07, 6.45) is 3.25. The van der Waals surface area contributed by atoms with E-state index in [1.165, 1.54) is 6.20 Å². The molecule has 0 atom stereocenters. The van der Waals surface area contributed by atoms with E-state index < -0.39 is 6.03 Å². The number of benzene rings is 2. The van der Waals surface area contributed by atoms with Crippen molar-refractivity contribution in [2.45, 2.75) is 0 Å². The molecule has 2 amide bonds. The third-order valence-electron chi connectivity index (χ3n) is 2.46. The number of halogens is 3. The first-order valence-electron chi connectivity index (χ1n) is 5.99. The molecule has 2 aromatic carbocycles. The van der Waals surface area contributed by atoms with Crippen LogP contribution in [0.25, 0.3) is 6.08 Å². The van der Waals surface area contributed by atoms with Crippen molar-refractivity contribution in [2.75, 3.05) is 5.32 Å². The number of nitrogens with one attached hydrogen (secondary N) is 2. The fourth-order valence-corrected chi connectivity index (χ4v) is 2.34. The Balaban J connectivity index is 1.93. The molecule has 3 nitrogen and oxygen atoms in total. The molecular formula is C15H11Cl3N2O. The molecule has 0 heterocycles. The van der Waals surface area contributed by atoms with Crippen molar-refractivity contribution in [1.82, 2.24) is 5.32 Å². The normalized spacial score (nSPS) is 10.6. The van der Waals surface area contributed by atoms with E-state index in [-0.39, 0.29) is 0 Å². The predicted molar refractivity (Wildman–Crippen MR) is 89.1 cm³/mol. The number of rotatable bonds is 3. The van der Waals surface area contributed by atoms with Crippen LogP contribution in [-0.2, 0) is 0 Å². The molecule has 2 rings (SSSR count). The van der Waals surface area contributed by atoms with Gasteiger partial charge in [-0.25, -0.2) is 4.79 Å². The minimum absolute atomic E-state index is 0.397. The lowest BCUT2D eigenvalue weighted by molar-refractivity contribution is 0.255. The van der Waals surface area contributed by atoms with E-state index in [4.69, 9.17) is 34.8 Å². The molecule has 0 fully saturated rings. The molecule has 0 aliphatic rings. The Morgan fingerprint density at radius 1 is 0.952 bits per heavy atom. The van der Waals surface area contributed by atoms with Gasteiger partial charge in [0.1, 0.15) is 0 Å². The Morgan fingerprint density at radius 2 is 1.67 bits per heavy atom. The number of carbonyl (C=O) groups is 1. The standard InChI is InChI=1S/C15H11Cl3N2O/c16-11-3-1-2-10(6-11)4-5-19-15(21)20-14-8-12(17)7-13(18)9-14/h1-9H,(H2,19,20,21)/b5-4+. The molecular weight excluding hydrogens is 331 g/mol.